The minimum atomic E-state index is -4.39. The van der Waals surface area contributed by atoms with Crippen LogP contribution in [0.15, 0.2) is 18.3 Å². The SMILES string of the molecule is COC(=O)CCNc1ccc(C(F)(F)F)cn1. The smallest absolute Gasteiger partial charge is 0.417 e. The molecule has 0 aliphatic carbocycles. The second-order valence-corrected chi connectivity index (χ2v) is 3.18. The molecule has 17 heavy (non-hydrogen) atoms. The first-order valence-corrected chi connectivity index (χ1v) is 4.77. The van der Waals surface area contributed by atoms with Crippen LogP contribution in [0, 0.1) is 0 Å². The molecule has 0 atom stereocenters. The molecule has 0 aliphatic heterocycles. The Morgan fingerprint density at radius 1 is 1.47 bits per heavy atom. The van der Waals surface area contributed by atoms with E-state index in [1.807, 2.05) is 0 Å². The third-order valence-corrected chi connectivity index (χ3v) is 1.95. The molecule has 4 nitrogen and oxygen atoms in total. The molecule has 0 bridgehead atoms. The van der Waals surface area contributed by atoms with Gasteiger partial charge in [0.15, 0.2) is 0 Å². The lowest BCUT2D eigenvalue weighted by atomic mass is 10.3. The standard InChI is InChI=1S/C10H11F3N2O2/c1-17-9(16)4-5-14-8-3-2-7(6-15-8)10(11,12)13/h2-3,6H,4-5H2,1H3,(H,14,15). The van der Waals surface area contributed by atoms with Gasteiger partial charge in [-0.05, 0) is 12.1 Å². The first kappa shape index (κ1) is 13.3. The number of carbonyl (C=O) groups excluding carboxylic acids is 1. The molecule has 1 N–H and O–H groups in total. The second kappa shape index (κ2) is 5.51. The van der Waals surface area contributed by atoms with E-state index in [-0.39, 0.29) is 18.8 Å². The molecule has 0 saturated carbocycles. The maximum atomic E-state index is 12.2. The average molecular weight is 248 g/mol. The molecule has 1 rings (SSSR count). The van der Waals surface area contributed by atoms with E-state index in [0.29, 0.717) is 0 Å². The van der Waals surface area contributed by atoms with E-state index in [9.17, 15) is 18.0 Å². The van der Waals surface area contributed by atoms with Gasteiger partial charge in [0.25, 0.3) is 0 Å². The van der Waals surface area contributed by atoms with Crippen molar-refractivity contribution in [3.8, 4) is 0 Å². The molecule has 0 spiro atoms. The fourth-order valence-corrected chi connectivity index (χ4v) is 1.06. The number of hydrogen-bond donors (Lipinski definition) is 1. The molecule has 7 heteroatoms. The summed E-state index contributed by atoms with van der Waals surface area (Å²) >= 11 is 0. The zero-order chi connectivity index (χ0) is 12.9. The maximum absolute atomic E-state index is 12.2. The monoisotopic (exact) mass is 248 g/mol. The van der Waals surface area contributed by atoms with Gasteiger partial charge in [-0.15, -0.1) is 0 Å². The van der Waals surface area contributed by atoms with Crippen LogP contribution in [-0.4, -0.2) is 24.6 Å². The Morgan fingerprint density at radius 3 is 2.65 bits per heavy atom. The van der Waals surface area contributed by atoms with E-state index in [1.165, 1.54) is 13.2 Å². The molecule has 1 aromatic heterocycles. The van der Waals surface area contributed by atoms with Crippen LogP contribution in [0.3, 0.4) is 0 Å². The van der Waals surface area contributed by atoms with Crippen molar-refractivity contribution in [2.24, 2.45) is 0 Å². The molecular weight excluding hydrogens is 237 g/mol. The number of aromatic nitrogens is 1. The number of ether oxygens (including phenoxy) is 1. The summed E-state index contributed by atoms with van der Waals surface area (Å²) in [7, 11) is 1.26. The number of halogens is 3. The van der Waals surface area contributed by atoms with E-state index in [1.54, 1.807) is 0 Å². The summed E-state index contributed by atoms with van der Waals surface area (Å²) in [5.74, 6) is -0.119. The summed E-state index contributed by atoms with van der Waals surface area (Å²) in [4.78, 5) is 14.3. The highest BCUT2D eigenvalue weighted by Gasteiger charge is 2.30. The van der Waals surface area contributed by atoms with E-state index >= 15 is 0 Å². The molecule has 0 aromatic carbocycles. The Labute approximate surface area is 95.8 Å². The summed E-state index contributed by atoms with van der Waals surface area (Å²) in [6, 6.07) is 2.13. The quantitative estimate of drug-likeness (QED) is 0.829. The minimum Gasteiger partial charge on any atom is -0.469 e. The minimum absolute atomic E-state index is 0.124. The number of carbonyl (C=O) groups is 1. The Balaban J connectivity index is 2.49. The summed E-state index contributed by atoms with van der Waals surface area (Å²) in [5.41, 5.74) is -0.809. The molecule has 94 valence electrons. The molecule has 0 radical (unpaired) electrons. The van der Waals surface area contributed by atoms with Gasteiger partial charge in [0.2, 0.25) is 0 Å². The van der Waals surface area contributed by atoms with Gasteiger partial charge in [-0.2, -0.15) is 13.2 Å². The van der Waals surface area contributed by atoms with Crippen molar-refractivity contribution in [2.45, 2.75) is 12.6 Å². The maximum Gasteiger partial charge on any atom is 0.417 e. The van der Waals surface area contributed by atoms with E-state index in [2.05, 4.69) is 15.0 Å². The van der Waals surface area contributed by atoms with Crippen molar-refractivity contribution in [3.63, 3.8) is 0 Å². The highest BCUT2D eigenvalue weighted by molar-refractivity contribution is 5.69. The van der Waals surface area contributed by atoms with Gasteiger partial charge in [-0.25, -0.2) is 4.98 Å². The van der Waals surface area contributed by atoms with Gasteiger partial charge < -0.3 is 10.1 Å². The number of nitrogens with zero attached hydrogens (tertiary/aromatic N) is 1. The highest BCUT2D eigenvalue weighted by atomic mass is 19.4. The summed E-state index contributed by atoms with van der Waals surface area (Å²) in [5, 5.41) is 2.71. The van der Waals surface area contributed by atoms with Crippen molar-refractivity contribution >= 4 is 11.8 Å². The lowest BCUT2D eigenvalue weighted by Crippen LogP contribution is -2.11. The molecule has 0 fully saturated rings. The zero-order valence-electron chi connectivity index (χ0n) is 9.04. The van der Waals surface area contributed by atoms with E-state index in [0.717, 1.165) is 12.3 Å². The van der Waals surface area contributed by atoms with Gasteiger partial charge in [-0.1, -0.05) is 0 Å². The third kappa shape index (κ3) is 4.29. The van der Waals surface area contributed by atoms with E-state index in [4.69, 9.17) is 0 Å². The zero-order valence-corrected chi connectivity index (χ0v) is 9.04. The van der Waals surface area contributed by atoms with Crippen molar-refractivity contribution < 1.29 is 22.7 Å². The largest absolute Gasteiger partial charge is 0.469 e. The Kier molecular flexibility index (Phi) is 4.30. The number of methoxy groups -OCH3 is 1. The summed E-state index contributed by atoms with van der Waals surface area (Å²) in [6.07, 6.45) is -3.53. The average Bonchev–Trinajstić information content (AvgIpc) is 2.28. The number of hydrogen-bond acceptors (Lipinski definition) is 4. The van der Waals surface area contributed by atoms with E-state index < -0.39 is 17.7 Å². The van der Waals surface area contributed by atoms with Crippen molar-refractivity contribution in [1.82, 2.24) is 4.98 Å². The second-order valence-electron chi connectivity index (χ2n) is 3.18. The third-order valence-electron chi connectivity index (χ3n) is 1.95. The van der Waals surface area contributed by atoms with Gasteiger partial charge in [0.1, 0.15) is 5.82 Å². The van der Waals surface area contributed by atoms with Crippen LogP contribution in [0.2, 0.25) is 0 Å². The lowest BCUT2D eigenvalue weighted by Gasteiger charge is -2.08. The molecule has 0 amide bonds. The number of nitrogens with one attached hydrogen (secondary N) is 1. The fourth-order valence-electron chi connectivity index (χ4n) is 1.06. The predicted molar refractivity (Wildman–Crippen MR) is 54.4 cm³/mol. The van der Waals surface area contributed by atoms with Crippen LogP contribution in [-0.2, 0) is 15.7 Å². The number of anilines is 1. The first-order chi connectivity index (χ1) is 7.93. The Bertz CT molecular complexity index is 376. The van der Waals surface area contributed by atoms with Crippen LogP contribution < -0.4 is 5.32 Å². The van der Waals surface area contributed by atoms with Gasteiger partial charge in [-0.3, -0.25) is 4.79 Å². The van der Waals surface area contributed by atoms with Gasteiger partial charge >= 0.3 is 12.1 Å². The van der Waals surface area contributed by atoms with Crippen molar-refractivity contribution in [2.75, 3.05) is 19.0 Å². The van der Waals surface area contributed by atoms with Gasteiger partial charge in [0, 0.05) is 12.7 Å². The lowest BCUT2D eigenvalue weighted by molar-refractivity contribution is -0.140. The molecule has 0 unspecified atom stereocenters. The normalized spacial score (nSPS) is 11.1. The predicted octanol–water partition coefficient (Wildman–Crippen LogP) is 2.08. The molecular formula is C10H11F3N2O2. The highest BCUT2D eigenvalue weighted by Crippen LogP contribution is 2.28. The van der Waals surface area contributed by atoms with Crippen molar-refractivity contribution in [1.29, 1.82) is 0 Å². The summed E-state index contributed by atoms with van der Waals surface area (Å²) < 4.78 is 41.0. The Morgan fingerprint density at radius 2 is 2.18 bits per heavy atom. The fraction of sp³-hybridized carbons (Fsp3) is 0.400. The molecule has 1 aromatic rings. The van der Waals surface area contributed by atoms with Crippen LogP contribution in [0.25, 0.3) is 0 Å². The number of esters is 1. The van der Waals surface area contributed by atoms with Crippen LogP contribution >= 0.6 is 0 Å². The molecule has 0 aliphatic rings. The summed E-state index contributed by atoms with van der Waals surface area (Å²) in [6.45, 7) is 0.255. The Hall–Kier alpha value is -1.79. The number of pyridine rings is 1. The number of alkyl halides is 3. The molecule has 1 heterocycles. The van der Waals surface area contributed by atoms with Crippen LogP contribution in [0.1, 0.15) is 12.0 Å². The first-order valence-electron chi connectivity index (χ1n) is 4.77. The van der Waals surface area contributed by atoms with Crippen LogP contribution in [0.4, 0.5) is 19.0 Å². The van der Waals surface area contributed by atoms with Crippen LogP contribution in [0.5, 0.6) is 0 Å². The number of rotatable bonds is 4. The topological polar surface area (TPSA) is 51.2 Å². The molecule has 0 saturated heterocycles. The van der Waals surface area contributed by atoms with Gasteiger partial charge in [0.05, 0.1) is 19.1 Å². The van der Waals surface area contributed by atoms with Crippen molar-refractivity contribution in [3.05, 3.63) is 23.9 Å².